The molecule has 8 heteroatoms. The molecule has 31 heavy (non-hydrogen) atoms. The summed E-state index contributed by atoms with van der Waals surface area (Å²) in [6.07, 6.45) is 3.21. The summed E-state index contributed by atoms with van der Waals surface area (Å²) in [5.74, 6) is -1.83. The second kappa shape index (κ2) is 8.71. The van der Waals surface area contributed by atoms with Gasteiger partial charge in [-0.05, 0) is 47.5 Å². The Morgan fingerprint density at radius 1 is 0.968 bits per heavy atom. The fourth-order valence-electron chi connectivity index (χ4n) is 3.55. The molecule has 1 fully saturated rings. The van der Waals surface area contributed by atoms with Crippen molar-refractivity contribution < 1.29 is 14.7 Å². The van der Waals surface area contributed by atoms with Gasteiger partial charge >= 0.3 is 0 Å². The third-order valence-electron chi connectivity index (χ3n) is 5.00. The minimum Gasteiger partial charge on any atom is -0.507 e. The largest absolute Gasteiger partial charge is 0.507 e. The Hall–Kier alpha value is -2.86. The van der Waals surface area contributed by atoms with Crippen LogP contribution < -0.4 is 0 Å². The molecule has 3 aromatic rings. The molecule has 1 amide bonds. The molecule has 1 aromatic heterocycles. The third-order valence-corrected chi connectivity index (χ3v) is 5.97. The van der Waals surface area contributed by atoms with Gasteiger partial charge in [-0.3, -0.25) is 14.6 Å². The monoisotopic (exact) mass is 472 g/mol. The highest BCUT2D eigenvalue weighted by Gasteiger charge is 2.46. The van der Waals surface area contributed by atoms with E-state index in [0.717, 1.165) is 5.56 Å². The van der Waals surface area contributed by atoms with Crippen molar-refractivity contribution in [3.05, 3.63) is 104 Å². The summed E-state index contributed by atoms with van der Waals surface area (Å²) in [6.45, 7) is 0.143. The minimum absolute atomic E-state index is 0.0419. The van der Waals surface area contributed by atoms with Gasteiger partial charge in [0.1, 0.15) is 5.76 Å². The molecule has 1 unspecified atom stereocenters. The van der Waals surface area contributed by atoms with E-state index >= 15 is 0 Å². The van der Waals surface area contributed by atoms with Gasteiger partial charge in [-0.25, -0.2) is 0 Å². The first-order valence-electron chi connectivity index (χ1n) is 9.25. The number of likely N-dealkylation sites (tertiary alicyclic amines) is 1. The number of carbonyl (C=O) groups excluding carboxylic acids is 2. The van der Waals surface area contributed by atoms with Crippen LogP contribution in [0.5, 0.6) is 0 Å². The Labute approximate surface area is 193 Å². The Morgan fingerprint density at radius 3 is 2.39 bits per heavy atom. The molecule has 0 saturated carbocycles. The number of hydrogen-bond donors (Lipinski definition) is 1. The van der Waals surface area contributed by atoms with Gasteiger partial charge in [-0.2, -0.15) is 0 Å². The van der Waals surface area contributed by atoms with Crippen molar-refractivity contribution in [2.24, 2.45) is 0 Å². The number of aliphatic hydroxyl groups excluding tert-OH is 1. The molecule has 5 nitrogen and oxygen atoms in total. The molecule has 156 valence electrons. The first-order valence-corrected chi connectivity index (χ1v) is 10.4. The van der Waals surface area contributed by atoms with Crippen LogP contribution in [0.3, 0.4) is 0 Å². The Balaban J connectivity index is 1.89. The Morgan fingerprint density at radius 2 is 1.71 bits per heavy atom. The maximum Gasteiger partial charge on any atom is 0.295 e. The summed E-state index contributed by atoms with van der Waals surface area (Å²) in [4.78, 5) is 31.4. The summed E-state index contributed by atoms with van der Waals surface area (Å²) in [7, 11) is 0. The molecule has 1 atom stereocenters. The first kappa shape index (κ1) is 21.4. The van der Waals surface area contributed by atoms with Gasteiger partial charge in [-0.15, -0.1) is 0 Å². The lowest BCUT2D eigenvalue weighted by atomic mass is 9.95. The zero-order chi connectivity index (χ0) is 22.1. The van der Waals surface area contributed by atoms with E-state index < -0.39 is 17.7 Å². The van der Waals surface area contributed by atoms with Gasteiger partial charge in [0.15, 0.2) is 0 Å². The second-order valence-corrected chi connectivity index (χ2v) is 8.22. The van der Waals surface area contributed by atoms with Gasteiger partial charge in [-0.1, -0.05) is 53.0 Å². The maximum atomic E-state index is 13.0. The van der Waals surface area contributed by atoms with Gasteiger partial charge < -0.3 is 10.0 Å². The predicted molar refractivity (Wildman–Crippen MR) is 120 cm³/mol. The summed E-state index contributed by atoms with van der Waals surface area (Å²) in [5, 5.41) is 12.0. The molecule has 0 spiro atoms. The number of amides is 1. The van der Waals surface area contributed by atoms with Crippen molar-refractivity contribution in [1.82, 2.24) is 9.88 Å². The zero-order valence-corrected chi connectivity index (χ0v) is 18.2. The van der Waals surface area contributed by atoms with Crippen LogP contribution in [-0.4, -0.2) is 26.7 Å². The lowest BCUT2D eigenvalue weighted by molar-refractivity contribution is -0.140. The van der Waals surface area contributed by atoms with Crippen LogP contribution in [0.15, 0.2) is 72.6 Å². The number of hydrogen-bond acceptors (Lipinski definition) is 4. The summed E-state index contributed by atoms with van der Waals surface area (Å²) >= 11 is 18.3. The van der Waals surface area contributed by atoms with Crippen LogP contribution in [0.1, 0.15) is 22.7 Å². The van der Waals surface area contributed by atoms with E-state index in [1.54, 1.807) is 60.9 Å². The quantitative estimate of drug-likeness (QED) is 0.301. The van der Waals surface area contributed by atoms with Gasteiger partial charge in [0.25, 0.3) is 11.7 Å². The number of ketones is 1. The summed E-state index contributed by atoms with van der Waals surface area (Å²) in [6, 6.07) is 13.9. The van der Waals surface area contributed by atoms with Crippen molar-refractivity contribution in [2.45, 2.75) is 12.6 Å². The van der Waals surface area contributed by atoms with E-state index in [2.05, 4.69) is 4.98 Å². The number of aliphatic hydroxyl groups is 1. The predicted octanol–water partition coefficient (Wildman–Crippen LogP) is 5.66. The van der Waals surface area contributed by atoms with Crippen LogP contribution in [0.25, 0.3) is 5.76 Å². The molecule has 2 aromatic carbocycles. The number of carbonyl (C=O) groups is 2. The van der Waals surface area contributed by atoms with Gasteiger partial charge in [0, 0.05) is 29.5 Å². The van der Waals surface area contributed by atoms with Crippen LogP contribution >= 0.6 is 34.8 Å². The number of benzene rings is 2. The van der Waals surface area contributed by atoms with Crippen molar-refractivity contribution >= 4 is 52.3 Å². The third kappa shape index (κ3) is 4.17. The molecular weight excluding hydrogens is 459 g/mol. The molecule has 2 heterocycles. The van der Waals surface area contributed by atoms with Crippen LogP contribution in [0, 0.1) is 0 Å². The van der Waals surface area contributed by atoms with Crippen LogP contribution in [-0.2, 0) is 16.1 Å². The summed E-state index contributed by atoms with van der Waals surface area (Å²) < 4.78 is 0. The molecular formula is C23H15Cl3N2O3. The normalized spacial score (nSPS) is 17.9. The number of Topliss-reactive ketones (excluding diaryl/α,β-unsaturated/α-hetero) is 1. The highest BCUT2D eigenvalue weighted by molar-refractivity contribution is 6.47. The smallest absolute Gasteiger partial charge is 0.295 e. The number of rotatable bonds is 4. The van der Waals surface area contributed by atoms with Crippen molar-refractivity contribution in [3.63, 3.8) is 0 Å². The number of pyridine rings is 1. The SMILES string of the molecule is O=C1C(=O)N(Cc2ccncc2)C(c2ccc(Cl)c(Cl)c2)/C1=C(/O)c1cccc(Cl)c1. The van der Waals surface area contributed by atoms with E-state index in [1.807, 2.05) is 0 Å². The topological polar surface area (TPSA) is 70.5 Å². The molecule has 1 saturated heterocycles. The number of halogens is 3. The van der Waals surface area contributed by atoms with Gasteiger partial charge in [0.2, 0.25) is 0 Å². The van der Waals surface area contributed by atoms with Crippen molar-refractivity contribution in [2.75, 3.05) is 0 Å². The standard InChI is InChI=1S/C23H15Cl3N2O3/c24-16-3-1-2-15(10-16)21(29)19-20(14-4-5-17(25)18(26)11-14)28(23(31)22(19)30)12-13-6-8-27-9-7-13/h1-11,20,29H,12H2/b21-19-. The molecule has 4 rings (SSSR count). The molecule has 0 bridgehead atoms. The number of nitrogens with zero attached hydrogens (tertiary/aromatic N) is 2. The average molecular weight is 474 g/mol. The van der Waals surface area contributed by atoms with Crippen molar-refractivity contribution in [3.8, 4) is 0 Å². The van der Waals surface area contributed by atoms with Crippen LogP contribution in [0.4, 0.5) is 0 Å². The molecule has 1 aliphatic heterocycles. The fourth-order valence-corrected chi connectivity index (χ4v) is 4.05. The molecule has 1 N–H and O–H groups in total. The second-order valence-electron chi connectivity index (χ2n) is 6.97. The summed E-state index contributed by atoms with van der Waals surface area (Å²) in [5.41, 5.74) is 1.62. The lowest BCUT2D eigenvalue weighted by Crippen LogP contribution is -2.29. The van der Waals surface area contributed by atoms with E-state index in [4.69, 9.17) is 34.8 Å². The Kier molecular flexibility index (Phi) is 6.01. The minimum atomic E-state index is -0.859. The highest BCUT2D eigenvalue weighted by atomic mass is 35.5. The highest BCUT2D eigenvalue weighted by Crippen LogP contribution is 2.41. The zero-order valence-electron chi connectivity index (χ0n) is 15.9. The molecule has 0 radical (unpaired) electrons. The van der Waals surface area contributed by atoms with E-state index in [0.29, 0.717) is 21.2 Å². The van der Waals surface area contributed by atoms with Gasteiger partial charge in [0.05, 0.1) is 21.7 Å². The van der Waals surface area contributed by atoms with Crippen LogP contribution in [0.2, 0.25) is 15.1 Å². The maximum absolute atomic E-state index is 13.0. The van der Waals surface area contributed by atoms with Crippen molar-refractivity contribution in [1.29, 1.82) is 0 Å². The average Bonchev–Trinajstić information content (AvgIpc) is 3.01. The van der Waals surface area contributed by atoms with E-state index in [1.165, 1.54) is 11.0 Å². The molecule has 0 aliphatic carbocycles. The molecule has 1 aliphatic rings. The fraction of sp³-hybridized carbons (Fsp3) is 0.0870. The van der Waals surface area contributed by atoms with E-state index in [9.17, 15) is 14.7 Å². The first-order chi connectivity index (χ1) is 14.9. The Bertz CT molecular complexity index is 1210. The van der Waals surface area contributed by atoms with E-state index in [-0.39, 0.29) is 22.9 Å². The number of aromatic nitrogens is 1. The lowest BCUT2D eigenvalue weighted by Gasteiger charge is -2.25.